The van der Waals surface area contributed by atoms with E-state index in [9.17, 15) is 19.5 Å². The molecule has 3 amide bonds. The van der Waals surface area contributed by atoms with Crippen LogP contribution in [0.25, 0.3) is 0 Å². The maximum Gasteiger partial charge on any atom is 0.329 e. The van der Waals surface area contributed by atoms with E-state index >= 15 is 0 Å². The van der Waals surface area contributed by atoms with Crippen molar-refractivity contribution < 1.29 is 19.5 Å². The lowest BCUT2D eigenvalue weighted by atomic mass is 9.98. The second kappa shape index (κ2) is 5.90. The van der Waals surface area contributed by atoms with Gasteiger partial charge in [0, 0.05) is 6.04 Å². The van der Waals surface area contributed by atoms with Gasteiger partial charge in [-0.3, -0.25) is 4.79 Å². The van der Waals surface area contributed by atoms with Gasteiger partial charge in [-0.1, -0.05) is 12.8 Å². The van der Waals surface area contributed by atoms with Gasteiger partial charge in [-0.15, -0.1) is 0 Å². The Hall–Kier alpha value is -1.79. The molecule has 1 aliphatic rings. The Kier molecular flexibility index (Phi) is 4.74. The second-order valence-corrected chi connectivity index (χ2v) is 5.21. The summed E-state index contributed by atoms with van der Waals surface area (Å²) in [7, 11) is 0. The number of rotatable bonds is 5. The van der Waals surface area contributed by atoms with E-state index in [1.54, 1.807) is 13.8 Å². The van der Waals surface area contributed by atoms with E-state index < -0.39 is 23.4 Å². The fraction of sp³-hybridized carbons (Fsp3) is 0.750. The largest absolute Gasteiger partial charge is 0.480 e. The number of nitrogens with zero attached hydrogens (tertiary/aromatic N) is 1. The van der Waals surface area contributed by atoms with E-state index in [0.29, 0.717) is 12.8 Å². The molecule has 7 heteroatoms. The number of carbonyl (C=O) groups is 3. The molecule has 0 aromatic heterocycles. The van der Waals surface area contributed by atoms with Crippen LogP contribution in [0.3, 0.4) is 0 Å². The molecule has 0 atom stereocenters. The lowest BCUT2D eigenvalue weighted by molar-refractivity contribution is -0.144. The smallest absolute Gasteiger partial charge is 0.329 e. The van der Waals surface area contributed by atoms with Gasteiger partial charge in [0.25, 0.3) is 0 Å². The molecule has 0 bridgehead atoms. The molecule has 0 radical (unpaired) electrons. The highest BCUT2D eigenvalue weighted by Gasteiger charge is 2.43. The molecule has 1 rings (SSSR count). The average molecular weight is 271 g/mol. The number of nitrogens with two attached hydrogens (primary N) is 1. The first-order valence-electron chi connectivity index (χ1n) is 6.39. The molecule has 1 aliphatic carbocycles. The molecule has 0 aromatic carbocycles. The Bertz CT molecular complexity index is 375. The van der Waals surface area contributed by atoms with E-state index in [1.165, 1.54) is 4.90 Å². The highest BCUT2D eigenvalue weighted by atomic mass is 16.4. The second-order valence-electron chi connectivity index (χ2n) is 5.21. The van der Waals surface area contributed by atoms with Crippen LogP contribution < -0.4 is 11.1 Å². The predicted molar refractivity (Wildman–Crippen MR) is 68.4 cm³/mol. The zero-order valence-electron chi connectivity index (χ0n) is 11.3. The van der Waals surface area contributed by atoms with Gasteiger partial charge in [0.05, 0.1) is 0 Å². The van der Waals surface area contributed by atoms with Crippen molar-refractivity contribution in [2.75, 3.05) is 6.54 Å². The SMILES string of the molecule is CC(C)N(CC(N)=O)C(=O)NC1(C(=O)O)CCCC1. The number of carboxylic acids is 1. The summed E-state index contributed by atoms with van der Waals surface area (Å²) in [6.07, 6.45) is 2.36. The summed E-state index contributed by atoms with van der Waals surface area (Å²) in [5, 5.41) is 11.8. The third kappa shape index (κ3) is 3.59. The van der Waals surface area contributed by atoms with E-state index in [-0.39, 0.29) is 12.6 Å². The van der Waals surface area contributed by atoms with Crippen molar-refractivity contribution in [2.24, 2.45) is 5.73 Å². The van der Waals surface area contributed by atoms with Crippen LogP contribution in [0, 0.1) is 0 Å². The fourth-order valence-electron chi connectivity index (χ4n) is 2.30. The van der Waals surface area contributed by atoms with Crippen molar-refractivity contribution in [1.29, 1.82) is 0 Å². The molecule has 0 aliphatic heterocycles. The number of hydrogen-bond donors (Lipinski definition) is 3. The van der Waals surface area contributed by atoms with Crippen LogP contribution in [0.4, 0.5) is 4.79 Å². The monoisotopic (exact) mass is 271 g/mol. The van der Waals surface area contributed by atoms with Crippen molar-refractivity contribution >= 4 is 17.9 Å². The summed E-state index contributed by atoms with van der Waals surface area (Å²) in [4.78, 5) is 35.7. The minimum absolute atomic E-state index is 0.223. The van der Waals surface area contributed by atoms with Gasteiger partial charge < -0.3 is 21.1 Å². The van der Waals surface area contributed by atoms with Gasteiger partial charge in [-0.25, -0.2) is 9.59 Å². The Balaban J connectivity index is 2.80. The molecule has 0 heterocycles. The molecule has 4 N–H and O–H groups in total. The number of urea groups is 1. The number of nitrogens with one attached hydrogen (secondary N) is 1. The summed E-state index contributed by atoms with van der Waals surface area (Å²) in [6.45, 7) is 3.26. The molecule has 0 unspecified atom stereocenters. The van der Waals surface area contributed by atoms with Gasteiger partial charge in [0.15, 0.2) is 0 Å². The molecule has 0 saturated heterocycles. The molecule has 19 heavy (non-hydrogen) atoms. The summed E-state index contributed by atoms with van der Waals surface area (Å²) in [5.41, 5.74) is 3.89. The van der Waals surface area contributed by atoms with E-state index in [1.807, 2.05) is 0 Å². The number of carboxylic acid groups (broad SMARTS) is 1. The Morgan fingerprint density at radius 2 is 1.84 bits per heavy atom. The van der Waals surface area contributed by atoms with E-state index in [4.69, 9.17) is 5.73 Å². The molecule has 1 fully saturated rings. The van der Waals surface area contributed by atoms with Crippen LogP contribution in [0.5, 0.6) is 0 Å². The number of primary amides is 1. The zero-order chi connectivity index (χ0) is 14.6. The molecule has 0 spiro atoms. The van der Waals surface area contributed by atoms with Crippen LogP contribution in [0.2, 0.25) is 0 Å². The lowest BCUT2D eigenvalue weighted by Crippen LogP contribution is -2.58. The topological polar surface area (TPSA) is 113 Å². The Morgan fingerprint density at radius 3 is 2.21 bits per heavy atom. The third-order valence-electron chi connectivity index (χ3n) is 3.42. The third-order valence-corrected chi connectivity index (χ3v) is 3.42. The van der Waals surface area contributed by atoms with Gasteiger partial charge in [0.1, 0.15) is 12.1 Å². The highest BCUT2D eigenvalue weighted by Crippen LogP contribution is 2.30. The van der Waals surface area contributed by atoms with Crippen molar-refractivity contribution in [3.63, 3.8) is 0 Å². The minimum Gasteiger partial charge on any atom is -0.480 e. The lowest BCUT2D eigenvalue weighted by Gasteiger charge is -2.31. The first-order chi connectivity index (χ1) is 8.78. The Labute approximate surface area is 112 Å². The number of amides is 3. The molecular weight excluding hydrogens is 250 g/mol. The Morgan fingerprint density at radius 1 is 1.32 bits per heavy atom. The van der Waals surface area contributed by atoms with Gasteiger partial charge in [-0.05, 0) is 26.7 Å². The number of aliphatic carboxylic acids is 1. The van der Waals surface area contributed by atoms with Crippen LogP contribution in [0.1, 0.15) is 39.5 Å². The molecule has 1 saturated carbocycles. The normalized spacial score (nSPS) is 17.2. The quantitative estimate of drug-likeness (QED) is 0.667. The van der Waals surface area contributed by atoms with Crippen LogP contribution in [-0.2, 0) is 9.59 Å². The summed E-state index contributed by atoms with van der Waals surface area (Å²) in [6, 6.07) is -0.794. The van der Waals surface area contributed by atoms with Crippen molar-refractivity contribution in [3.05, 3.63) is 0 Å². The summed E-state index contributed by atoms with van der Waals surface area (Å²) >= 11 is 0. The number of hydrogen-bond acceptors (Lipinski definition) is 3. The van der Waals surface area contributed by atoms with E-state index in [0.717, 1.165) is 12.8 Å². The molecule has 7 nitrogen and oxygen atoms in total. The van der Waals surface area contributed by atoms with Crippen molar-refractivity contribution in [3.8, 4) is 0 Å². The van der Waals surface area contributed by atoms with Crippen molar-refractivity contribution in [1.82, 2.24) is 10.2 Å². The fourth-order valence-corrected chi connectivity index (χ4v) is 2.30. The van der Waals surface area contributed by atoms with Crippen LogP contribution in [0.15, 0.2) is 0 Å². The maximum atomic E-state index is 12.1. The highest BCUT2D eigenvalue weighted by molar-refractivity contribution is 5.88. The zero-order valence-corrected chi connectivity index (χ0v) is 11.3. The summed E-state index contributed by atoms with van der Waals surface area (Å²) < 4.78 is 0. The van der Waals surface area contributed by atoms with E-state index in [2.05, 4.69) is 5.32 Å². The minimum atomic E-state index is -1.21. The van der Waals surface area contributed by atoms with Crippen molar-refractivity contribution in [2.45, 2.75) is 51.1 Å². The average Bonchev–Trinajstić information content (AvgIpc) is 2.74. The predicted octanol–water partition coefficient (Wildman–Crippen LogP) is 0.289. The first-order valence-corrected chi connectivity index (χ1v) is 6.39. The summed E-state index contributed by atoms with van der Waals surface area (Å²) in [5.74, 6) is -1.65. The molecular formula is C12H21N3O4. The first kappa shape index (κ1) is 15.3. The number of carbonyl (C=O) groups excluding carboxylic acids is 2. The standard InChI is InChI=1S/C12H21N3O4/c1-8(2)15(7-9(13)16)11(19)14-12(10(17)18)5-3-4-6-12/h8H,3-7H2,1-2H3,(H2,13,16)(H,14,19)(H,17,18). The van der Waals surface area contributed by atoms with Crippen LogP contribution >= 0.6 is 0 Å². The van der Waals surface area contributed by atoms with Gasteiger partial charge in [0.2, 0.25) is 5.91 Å². The van der Waals surface area contributed by atoms with Gasteiger partial charge in [-0.2, -0.15) is 0 Å². The maximum absolute atomic E-state index is 12.1. The van der Waals surface area contributed by atoms with Crippen LogP contribution in [-0.4, -0.2) is 46.0 Å². The molecule has 0 aromatic rings. The molecule has 108 valence electrons. The van der Waals surface area contributed by atoms with Gasteiger partial charge >= 0.3 is 12.0 Å².